The predicted octanol–water partition coefficient (Wildman–Crippen LogP) is 12.5. The number of hydrogen-bond donors (Lipinski definition) is 0. The third kappa shape index (κ3) is 4.03. The van der Waals surface area contributed by atoms with E-state index in [1.165, 1.54) is 49.7 Å². The molecule has 0 N–H and O–H groups in total. The van der Waals surface area contributed by atoms with E-state index < -0.39 is 0 Å². The van der Waals surface area contributed by atoms with Gasteiger partial charge in [-0.25, -0.2) is 0 Å². The molecule has 220 valence electrons. The van der Waals surface area contributed by atoms with Crippen molar-refractivity contribution in [3.05, 3.63) is 162 Å². The second-order valence-electron chi connectivity index (χ2n) is 13.1. The Balaban J connectivity index is 1.22. The van der Waals surface area contributed by atoms with Crippen LogP contribution in [0, 0.1) is 6.92 Å². The van der Waals surface area contributed by atoms with Gasteiger partial charge >= 0.3 is 0 Å². The number of hydrogen-bond acceptors (Lipinski definition) is 2. The molecule has 1 aliphatic carbocycles. The number of fused-ring (bicyclic) bond motifs is 7. The molecular formula is C44H33NO. The molecule has 0 bridgehead atoms. The van der Waals surface area contributed by atoms with Gasteiger partial charge in [0, 0.05) is 39.3 Å². The summed E-state index contributed by atoms with van der Waals surface area (Å²) in [7, 11) is 0. The van der Waals surface area contributed by atoms with E-state index in [0.717, 1.165) is 39.0 Å². The standard InChI is InChI=1S/C44H33NO/c1-28-24-31(32-17-16-29-10-4-5-11-30(29)25-32)18-23-41(28)45(34-20-22-38-37-13-7-9-15-42(37)46-43(38)27-34)33-19-21-36-35-12-6-8-14-39(35)44(2,3)40(36)26-33/h4-27H,1-3H3. The summed E-state index contributed by atoms with van der Waals surface area (Å²) in [6.07, 6.45) is 0. The van der Waals surface area contributed by atoms with Crippen LogP contribution in [0.5, 0.6) is 0 Å². The zero-order chi connectivity index (χ0) is 31.0. The van der Waals surface area contributed by atoms with Gasteiger partial charge in [-0.05, 0) is 105 Å². The van der Waals surface area contributed by atoms with Crippen LogP contribution in [0.3, 0.4) is 0 Å². The molecule has 1 aromatic heterocycles. The third-order valence-electron chi connectivity index (χ3n) is 9.97. The second kappa shape index (κ2) is 9.95. The van der Waals surface area contributed by atoms with Crippen LogP contribution in [0.1, 0.15) is 30.5 Å². The number of benzene rings is 7. The Hall–Kier alpha value is -5.60. The van der Waals surface area contributed by atoms with Gasteiger partial charge in [0.25, 0.3) is 0 Å². The Morgan fingerprint density at radius 1 is 0.500 bits per heavy atom. The summed E-state index contributed by atoms with van der Waals surface area (Å²) in [6, 6.07) is 52.9. The summed E-state index contributed by atoms with van der Waals surface area (Å²) in [5, 5.41) is 4.79. The molecular weight excluding hydrogens is 558 g/mol. The van der Waals surface area contributed by atoms with E-state index in [-0.39, 0.29) is 5.41 Å². The smallest absolute Gasteiger partial charge is 0.137 e. The minimum absolute atomic E-state index is 0.0920. The van der Waals surface area contributed by atoms with Crippen LogP contribution < -0.4 is 4.90 Å². The molecule has 46 heavy (non-hydrogen) atoms. The van der Waals surface area contributed by atoms with Gasteiger partial charge in [-0.3, -0.25) is 0 Å². The Labute approximate surface area is 269 Å². The Morgan fingerprint density at radius 2 is 1.17 bits per heavy atom. The second-order valence-corrected chi connectivity index (χ2v) is 13.1. The van der Waals surface area contributed by atoms with Gasteiger partial charge in [-0.2, -0.15) is 0 Å². The van der Waals surface area contributed by atoms with Gasteiger partial charge in [-0.15, -0.1) is 0 Å². The molecule has 7 aromatic carbocycles. The number of rotatable bonds is 4. The highest BCUT2D eigenvalue weighted by molar-refractivity contribution is 6.06. The lowest BCUT2D eigenvalue weighted by Gasteiger charge is -2.29. The van der Waals surface area contributed by atoms with Crippen LogP contribution >= 0.6 is 0 Å². The number of furan rings is 1. The van der Waals surface area contributed by atoms with E-state index in [2.05, 4.69) is 159 Å². The van der Waals surface area contributed by atoms with Crippen molar-refractivity contribution in [2.24, 2.45) is 0 Å². The van der Waals surface area contributed by atoms with Crippen LogP contribution in [-0.4, -0.2) is 0 Å². The summed E-state index contributed by atoms with van der Waals surface area (Å²) in [4.78, 5) is 2.39. The average Bonchev–Trinajstić information content (AvgIpc) is 3.57. The molecule has 0 amide bonds. The minimum Gasteiger partial charge on any atom is -0.456 e. The van der Waals surface area contributed by atoms with E-state index in [4.69, 9.17) is 4.42 Å². The summed E-state index contributed by atoms with van der Waals surface area (Å²) in [5.41, 5.74) is 14.1. The van der Waals surface area contributed by atoms with Gasteiger partial charge in [-0.1, -0.05) is 105 Å². The molecule has 8 aromatic rings. The minimum atomic E-state index is -0.0920. The van der Waals surface area contributed by atoms with Crippen molar-refractivity contribution in [3.8, 4) is 22.3 Å². The highest BCUT2D eigenvalue weighted by atomic mass is 16.3. The molecule has 2 heteroatoms. The lowest BCUT2D eigenvalue weighted by Crippen LogP contribution is -2.17. The van der Waals surface area contributed by atoms with Crippen molar-refractivity contribution in [2.75, 3.05) is 4.90 Å². The zero-order valence-corrected chi connectivity index (χ0v) is 26.2. The van der Waals surface area contributed by atoms with Crippen LogP contribution in [0.2, 0.25) is 0 Å². The maximum Gasteiger partial charge on any atom is 0.137 e. The lowest BCUT2D eigenvalue weighted by molar-refractivity contribution is 0.660. The molecule has 9 rings (SSSR count). The van der Waals surface area contributed by atoms with Gasteiger partial charge in [0.05, 0.1) is 0 Å². The van der Waals surface area contributed by atoms with Crippen LogP contribution in [0.25, 0.3) is 55.0 Å². The topological polar surface area (TPSA) is 16.4 Å². The van der Waals surface area contributed by atoms with E-state index >= 15 is 0 Å². The Bertz CT molecular complexity index is 2480. The third-order valence-corrected chi connectivity index (χ3v) is 9.97. The highest BCUT2D eigenvalue weighted by Crippen LogP contribution is 2.51. The van der Waals surface area contributed by atoms with Gasteiger partial charge < -0.3 is 9.32 Å². The highest BCUT2D eigenvalue weighted by Gasteiger charge is 2.35. The molecule has 0 saturated carbocycles. The van der Waals surface area contributed by atoms with E-state index in [1.807, 2.05) is 12.1 Å². The van der Waals surface area contributed by atoms with Crippen molar-refractivity contribution in [3.63, 3.8) is 0 Å². The largest absolute Gasteiger partial charge is 0.456 e. The predicted molar refractivity (Wildman–Crippen MR) is 194 cm³/mol. The molecule has 0 radical (unpaired) electrons. The van der Waals surface area contributed by atoms with Crippen LogP contribution in [-0.2, 0) is 5.41 Å². The summed E-state index contributed by atoms with van der Waals surface area (Å²) in [6.45, 7) is 6.91. The quantitative estimate of drug-likeness (QED) is 0.202. The van der Waals surface area contributed by atoms with Gasteiger partial charge in [0.1, 0.15) is 11.2 Å². The first-order valence-corrected chi connectivity index (χ1v) is 16.0. The first kappa shape index (κ1) is 26.8. The fraction of sp³-hybridized carbons (Fsp3) is 0.0909. The number of aryl methyl sites for hydroxylation is 1. The van der Waals surface area contributed by atoms with Gasteiger partial charge in [0.2, 0.25) is 0 Å². The molecule has 0 atom stereocenters. The maximum absolute atomic E-state index is 6.38. The fourth-order valence-corrected chi connectivity index (χ4v) is 7.57. The summed E-state index contributed by atoms with van der Waals surface area (Å²) in [5.74, 6) is 0. The molecule has 0 spiro atoms. The van der Waals surface area contributed by atoms with Crippen molar-refractivity contribution in [1.29, 1.82) is 0 Å². The van der Waals surface area contributed by atoms with Crippen LogP contribution in [0.4, 0.5) is 17.1 Å². The monoisotopic (exact) mass is 591 g/mol. The molecule has 2 nitrogen and oxygen atoms in total. The van der Waals surface area contributed by atoms with E-state index in [0.29, 0.717) is 0 Å². The normalized spacial score (nSPS) is 13.3. The maximum atomic E-state index is 6.38. The van der Waals surface area contributed by atoms with Gasteiger partial charge in [0.15, 0.2) is 0 Å². The first-order chi connectivity index (χ1) is 22.5. The van der Waals surface area contributed by atoms with E-state index in [9.17, 15) is 0 Å². The fourth-order valence-electron chi connectivity index (χ4n) is 7.57. The molecule has 0 saturated heterocycles. The number of nitrogens with zero attached hydrogens (tertiary/aromatic N) is 1. The molecule has 1 heterocycles. The first-order valence-electron chi connectivity index (χ1n) is 16.0. The molecule has 0 fully saturated rings. The molecule has 0 aliphatic heterocycles. The Kier molecular flexibility index (Phi) is 5.79. The van der Waals surface area contributed by atoms with Crippen molar-refractivity contribution < 1.29 is 4.42 Å². The zero-order valence-electron chi connectivity index (χ0n) is 26.2. The SMILES string of the molecule is Cc1cc(-c2ccc3ccccc3c2)ccc1N(c1ccc2c(c1)C(C)(C)c1ccccc1-2)c1ccc2c(c1)oc1ccccc12. The number of anilines is 3. The van der Waals surface area contributed by atoms with Crippen molar-refractivity contribution in [2.45, 2.75) is 26.2 Å². The average molecular weight is 592 g/mol. The van der Waals surface area contributed by atoms with Crippen molar-refractivity contribution >= 4 is 49.8 Å². The summed E-state index contributed by atoms with van der Waals surface area (Å²) < 4.78 is 6.38. The summed E-state index contributed by atoms with van der Waals surface area (Å²) >= 11 is 0. The lowest BCUT2D eigenvalue weighted by atomic mass is 9.82. The Morgan fingerprint density at radius 3 is 2.07 bits per heavy atom. The molecule has 0 unspecified atom stereocenters. The van der Waals surface area contributed by atoms with Crippen molar-refractivity contribution in [1.82, 2.24) is 0 Å². The van der Waals surface area contributed by atoms with E-state index in [1.54, 1.807) is 0 Å². The molecule has 1 aliphatic rings. The van der Waals surface area contributed by atoms with Crippen LogP contribution in [0.15, 0.2) is 150 Å². The number of para-hydroxylation sites is 1.